The molecule has 1 saturated carbocycles. The van der Waals surface area contributed by atoms with E-state index >= 15 is 0 Å². The fourth-order valence-corrected chi connectivity index (χ4v) is 6.82. The summed E-state index contributed by atoms with van der Waals surface area (Å²) in [5.41, 5.74) is 11.8. The maximum atomic E-state index is 13.9. The minimum Gasteiger partial charge on any atom is -0.382 e. The van der Waals surface area contributed by atoms with Crippen molar-refractivity contribution < 1.29 is 28.6 Å². The summed E-state index contributed by atoms with van der Waals surface area (Å²) in [6.45, 7) is 5.20. The highest BCUT2D eigenvalue weighted by Gasteiger charge is 2.30. The smallest absolute Gasteiger partial charge is 0.228 e. The molecule has 0 spiro atoms. The molecule has 5 rings (SSSR count). The van der Waals surface area contributed by atoms with Gasteiger partial charge in [-0.15, -0.1) is 10.2 Å². The van der Waals surface area contributed by atoms with Gasteiger partial charge in [0.05, 0.1) is 26.4 Å². The lowest BCUT2D eigenvalue weighted by Gasteiger charge is -2.27. The van der Waals surface area contributed by atoms with E-state index in [0.29, 0.717) is 81.8 Å². The molecule has 53 heavy (non-hydrogen) atoms. The first-order chi connectivity index (χ1) is 25.8. The van der Waals surface area contributed by atoms with E-state index in [4.69, 9.17) is 19.9 Å². The van der Waals surface area contributed by atoms with Gasteiger partial charge < -0.3 is 25.3 Å². The van der Waals surface area contributed by atoms with Crippen LogP contribution in [-0.2, 0) is 30.2 Å². The number of amides is 1. The van der Waals surface area contributed by atoms with Crippen molar-refractivity contribution in [2.24, 2.45) is 23.5 Å². The number of anilines is 1. The van der Waals surface area contributed by atoms with Gasteiger partial charge in [-0.05, 0) is 116 Å². The molecule has 1 heterocycles. The summed E-state index contributed by atoms with van der Waals surface area (Å²) >= 11 is 0. The first-order valence-corrected chi connectivity index (χ1v) is 18.6. The molecule has 4 aromatic rings. The third-order valence-electron chi connectivity index (χ3n) is 9.99. The molecule has 1 atom stereocenters. The lowest BCUT2D eigenvalue weighted by molar-refractivity contribution is -0.129. The molecule has 1 aliphatic carbocycles. The number of nitrogens with two attached hydrogens (primary N) is 1. The highest BCUT2D eigenvalue weighted by molar-refractivity contribution is 5.98. The third-order valence-corrected chi connectivity index (χ3v) is 9.99. The second-order valence-corrected chi connectivity index (χ2v) is 13.8. The highest BCUT2D eigenvalue weighted by Crippen LogP contribution is 2.32. The van der Waals surface area contributed by atoms with Crippen LogP contribution in [0.25, 0.3) is 22.5 Å². The van der Waals surface area contributed by atoms with Crippen LogP contribution in [-0.4, -0.2) is 84.8 Å². The largest absolute Gasteiger partial charge is 0.382 e. The van der Waals surface area contributed by atoms with Gasteiger partial charge in [-0.2, -0.15) is 5.21 Å². The quantitative estimate of drug-likeness (QED) is 0.0683. The number of benzene rings is 3. The number of hydrogen-bond acceptors (Lipinski definition) is 10. The van der Waals surface area contributed by atoms with E-state index in [1.54, 1.807) is 19.2 Å². The van der Waals surface area contributed by atoms with Gasteiger partial charge in [-0.3, -0.25) is 14.4 Å². The molecular weight excluding hydrogens is 672 g/mol. The number of carbonyl (C=O) groups is 3. The molecule has 3 aromatic carbocycles. The number of aromatic nitrogens is 4. The Balaban J connectivity index is 1.25. The Labute approximate surface area is 311 Å². The number of Topliss-reactive ketones (excluding diaryl/α,β-unsaturated/α-hetero) is 2. The van der Waals surface area contributed by atoms with Gasteiger partial charge in [0.25, 0.3) is 0 Å². The lowest BCUT2D eigenvalue weighted by Crippen LogP contribution is -2.31. The predicted molar refractivity (Wildman–Crippen MR) is 203 cm³/mol. The summed E-state index contributed by atoms with van der Waals surface area (Å²) in [4.78, 5) is 40.7. The van der Waals surface area contributed by atoms with Crippen molar-refractivity contribution >= 4 is 23.2 Å². The maximum absolute atomic E-state index is 13.9. The van der Waals surface area contributed by atoms with Gasteiger partial charge in [0, 0.05) is 55.2 Å². The Morgan fingerprint density at radius 3 is 2.38 bits per heavy atom. The summed E-state index contributed by atoms with van der Waals surface area (Å²) < 4.78 is 16.0. The van der Waals surface area contributed by atoms with Crippen molar-refractivity contribution in [3.05, 3.63) is 83.4 Å². The van der Waals surface area contributed by atoms with Crippen LogP contribution >= 0.6 is 0 Å². The molecule has 12 heteroatoms. The molecule has 4 N–H and O–H groups in total. The average Bonchev–Trinajstić information content (AvgIpc) is 3.73. The normalized spacial score (nSPS) is 16.3. The zero-order chi connectivity index (χ0) is 37.4. The standard InChI is InChI=1S/C41H52N6O6/c1-28-8-11-34(38(48)7-4-18-52-21-22-53-20-19-51-2)25-37(28)33-6-3-5-30(23-33)24-35(26-39(49)31-12-9-29(27-42)10-13-31)41(50)43-36-16-14-32(15-17-36)40-44-46-47-45-40/h3,5-6,8,11,14-17,23,25,29,31,35H,4,7,9-10,12-13,18-22,24,26-27,42H2,1-2H3,(H,43,50)(H,44,45,46,47)/t29?,31?,35-/m1/s1. The maximum Gasteiger partial charge on any atom is 0.228 e. The first-order valence-electron chi connectivity index (χ1n) is 18.6. The van der Waals surface area contributed by atoms with Gasteiger partial charge in [0.15, 0.2) is 5.78 Å². The van der Waals surface area contributed by atoms with E-state index in [9.17, 15) is 14.4 Å². The Hall–Kier alpha value is -4.62. The van der Waals surface area contributed by atoms with Crippen LogP contribution in [0.2, 0.25) is 0 Å². The summed E-state index contributed by atoms with van der Waals surface area (Å²) in [6, 6.07) is 21.1. The number of rotatable bonds is 21. The van der Waals surface area contributed by atoms with Crippen LogP contribution in [0.15, 0.2) is 66.7 Å². The van der Waals surface area contributed by atoms with Gasteiger partial charge >= 0.3 is 0 Å². The topological polar surface area (TPSA) is 171 Å². The van der Waals surface area contributed by atoms with Crippen LogP contribution in [0.4, 0.5) is 5.69 Å². The second kappa shape index (κ2) is 20.6. The number of tetrazole rings is 1. The Morgan fingerprint density at radius 1 is 0.906 bits per heavy atom. The van der Waals surface area contributed by atoms with Gasteiger partial charge in [-0.1, -0.05) is 36.4 Å². The average molecular weight is 725 g/mol. The lowest BCUT2D eigenvalue weighted by atomic mass is 9.77. The number of methoxy groups -OCH3 is 1. The van der Waals surface area contributed by atoms with E-state index in [0.717, 1.165) is 53.5 Å². The van der Waals surface area contributed by atoms with Crippen molar-refractivity contribution in [2.75, 3.05) is 52.0 Å². The van der Waals surface area contributed by atoms with Crippen LogP contribution in [0.1, 0.15) is 66.4 Å². The third kappa shape index (κ3) is 11.9. The minimum absolute atomic E-state index is 0.0525. The van der Waals surface area contributed by atoms with Crippen molar-refractivity contribution in [3.63, 3.8) is 0 Å². The molecule has 0 radical (unpaired) electrons. The van der Waals surface area contributed by atoms with Crippen molar-refractivity contribution in [1.29, 1.82) is 0 Å². The fourth-order valence-electron chi connectivity index (χ4n) is 6.82. The monoisotopic (exact) mass is 724 g/mol. The van der Waals surface area contributed by atoms with E-state index in [1.807, 2.05) is 55.5 Å². The van der Waals surface area contributed by atoms with Crippen LogP contribution in [0.3, 0.4) is 0 Å². The van der Waals surface area contributed by atoms with E-state index in [1.165, 1.54) is 0 Å². The van der Waals surface area contributed by atoms with E-state index in [-0.39, 0.29) is 29.8 Å². The molecule has 0 unspecified atom stereocenters. The Kier molecular flexibility index (Phi) is 15.4. The fraction of sp³-hybridized carbons (Fsp3) is 0.463. The van der Waals surface area contributed by atoms with Crippen LogP contribution in [0.5, 0.6) is 0 Å². The van der Waals surface area contributed by atoms with Crippen LogP contribution < -0.4 is 11.1 Å². The predicted octanol–water partition coefficient (Wildman–Crippen LogP) is 6.01. The SMILES string of the molecule is COCCOCCOCCCC(=O)c1ccc(C)c(-c2cccc(C[C@H](CC(=O)C3CCC(CN)CC3)C(=O)Nc3ccc(-c4nn[nH]n4)cc3)c2)c1. The first kappa shape index (κ1) is 39.6. The molecule has 12 nitrogen and oxygen atoms in total. The number of carbonyl (C=O) groups excluding carboxylic acids is 3. The zero-order valence-electron chi connectivity index (χ0n) is 30.9. The van der Waals surface area contributed by atoms with Crippen molar-refractivity contribution in [2.45, 2.75) is 58.3 Å². The van der Waals surface area contributed by atoms with Crippen molar-refractivity contribution in [1.82, 2.24) is 20.6 Å². The summed E-state index contributed by atoms with van der Waals surface area (Å²) in [5.74, 6) is 0.276. The molecule has 0 bridgehead atoms. The molecule has 0 aliphatic heterocycles. The second-order valence-electron chi connectivity index (χ2n) is 13.8. The van der Waals surface area contributed by atoms with Gasteiger partial charge in [0.1, 0.15) is 5.78 Å². The van der Waals surface area contributed by atoms with E-state index in [2.05, 4.69) is 32.0 Å². The van der Waals surface area contributed by atoms with Gasteiger partial charge in [-0.25, -0.2) is 0 Å². The van der Waals surface area contributed by atoms with Crippen LogP contribution in [0, 0.1) is 24.7 Å². The molecular formula is C41H52N6O6. The number of H-pyrrole nitrogens is 1. The number of ether oxygens (including phenoxy) is 3. The Morgan fingerprint density at radius 2 is 1.66 bits per heavy atom. The molecule has 282 valence electrons. The zero-order valence-corrected chi connectivity index (χ0v) is 30.9. The number of nitrogens with one attached hydrogen (secondary N) is 2. The number of ketones is 2. The number of hydrogen-bond donors (Lipinski definition) is 3. The molecule has 1 fully saturated rings. The van der Waals surface area contributed by atoms with Crippen molar-refractivity contribution in [3.8, 4) is 22.5 Å². The minimum atomic E-state index is -0.574. The van der Waals surface area contributed by atoms with Gasteiger partial charge in [0.2, 0.25) is 11.7 Å². The summed E-state index contributed by atoms with van der Waals surface area (Å²) in [5, 5.41) is 17.1. The molecule has 1 amide bonds. The molecule has 0 saturated heterocycles. The van der Waals surface area contributed by atoms with E-state index < -0.39 is 5.92 Å². The number of aromatic amines is 1. The summed E-state index contributed by atoms with van der Waals surface area (Å²) in [6.07, 6.45) is 5.06. The number of aryl methyl sites for hydroxylation is 1. The Bertz CT molecular complexity index is 1760. The summed E-state index contributed by atoms with van der Waals surface area (Å²) in [7, 11) is 1.63. The highest BCUT2D eigenvalue weighted by atomic mass is 16.5. The molecule has 1 aliphatic rings. The molecule has 1 aromatic heterocycles. The number of nitrogens with zero attached hydrogens (tertiary/aromatic N) is 3.